The largest absolute Gasteiger partial charge is 0.363 e. The van der Waals surface area contributed by atoms with E-state index in [1.807, 2.05) is 18.3 Å². The number of halogens is 1. The second-order valence-corrected chi connectivity index (χ2v) is 7.84. The Balaban J connectivity index is 1.56. The molecule has 3 aromatic heterocycles. The fourth-order valence-corrected chi connectivity index (χ4v) is 5.05. The van der Waals surface area contributed by atoms with Crippen molar-refractivity contribution < 1.29 is 9.18 Å². The Labute approximate surface area is 165 Å². The predicted molar refractivity (Wildman–Crippen MR) is 102 cm³/mol. The molecule has 29 heavy (non-hydrogen) atoms. The van der Waals surface area contributed by atoms with Crippen molar-refractivity contribution >= 4 is 22.9 Å². The van der Waals surface area contributed by atoms with Crippen molar-refractivity contribution in [3.05, 3.63) is 59.6 Å². The molecular weight excluding hydrogens is 373 g/mol. The molecule has 1 aliphatic carbocycles. The van der Waals surface area contributed by atoms with E-state index in [9.17, 15) is 9.18 Å². The second-order valence-electron chi connectivity index (χ2n) is 7.84. The van der Waals surface area contributed by atoms with Gasteiger partial charge in [0.2, 0.25) is 5.82 Å². The fourth-order valence-electron chi connectivity index (χ4n) is 5.05. The summed E-state index contributed by atoms with van der Waals surface area (Å²) < 4.78 is 15.1. The highest BCUT2D eigenvalue weighted by Crippen LogP contribution is 2.50. The SMILES string of the molecule is NC(=O)c1nnc2ccc(C3=C(c4ccc(F)cn4)NC4C5CC[C@H](C5)N34)cn12. The summed E-state index contributed by atoms with van der Waals surface area (Å²) in [5.41, 5.74) is 9.48. The maximum atomic E-state index is 13.4. The number of piperidine rings is 1. The first kappa shape index (κ1) is 16.5. The number of nitrogens with two attached hydrogens (primary N) is 1. The van der Waals surface area contributed by atoms with Crippen LogP contribution in [0.2, 0.25) is 0 Å². The van der Waals surface area contributed by atoms with Gasteiger partial charge in [-0.25, -0.2) is 4.39 Å². The van der Waals surface area contributed by atoms with Crippen LogP contribution in [0.5, 0.6) is 0 Å². The maximum absolute atomic E-state index is 13.4. The molecule has 2 bridgehead atoms. The zero-order valence-electron chi connectivity index (χ0n) is 15.4. The van der Waals surface area contributed by atoms with E-state index in [1.54, 1.807) is 10.5 Å². The minimum atomic E-state index is -0.633. The molecule has 0 spiro atoms. The quantitative estimate of drug-likeness (QED) is 0.703. The highest BCUT2D eigenvalue weighted by atomic mass is 19.1. The van der Waals surface area contributed by atoms with Gasteiger partial charge in [-0.2, -0.15) is 0 Å². The van der Waals surface area contributed by atoms with E-state index in [0.29, 0.717) is 23.3 Å². The Morgan fingerprint density at radius 3 is 2.90 bits per heavy atom. The molecule has 2 unspecified atom stereocenters. The van der Waals surface area contributed by atoms with E-state index in [2.05, 4.69) is 25.4 Å². The highest BCUT2D eigenvalue weighted by Gasteiger charge is 2.51. The van der Waals surface area contributed by atoms with Gasteiger partial charge in [-0.15, -0.1) is 10.2 Å². The van der Waals surface area contributed by atoms with Crippen LogP contribution in [0.4, 0.5) is 4.39 Å². The van der Waals surface area contributed by atoms with Gasteiger partial charge in [-0.3, -0.25) is 14.2 Å². The predicted octanol–water partition coefficient (Wildman–Crippen LogP) is 1.60. The molecule has 2 fully saturated rings. The van der Waals surface area contributed by atoms with E-state index in [4.69, 9.17) is 5.73 Å². The van der Waals surface area contributed by atoms with Crippen molar-refractivity contribution in [1.82, 2.24) is 29.8 Å². The van der Waals surface area contributed by atoms with Crippen LogP contribution in [-0.2, 0) is 0 Å². The van der Waals surface area contributed by atoms with Crippen LogP contribution < -0.4 is 11.1 Å². The second kappa shape index (κ2) is 5.76. The lowest BCUT2D eigenvalue weighted by Crippen LogP contribution is -2.41. The van der Waals surface area contributed by atoms with Crippen molar-refractivity contribution in [2.45, 2.75) is 31.5 Å². The Morgan fingerprint density at radius 2 is 2.10 bits per heavy atom. The van der Waals surface area contributed by atoms with Crippen molar-refractivity contribution in [2.24, 2.45) is 11.7 Å². The van der Waals surface area contributed by atoms with Gasteiger partial charge in [0, 0.05) is 17.8 Å². The van der Waals surface area contributed by atoms with E-state index in [0.717, 1.165) is 29.8 Å². The molecule has 6 rings (SSSR count). The first-order valence-electron chi connectivity index (χ1n) is 9.66. The van der Waals surface area contributed by atoms with E-state index < -0.39 is 5.91 Å². The summed E-state index contributed by atoms with van der Waals surface area (Å²) in [6.45, 7) is 0. The number of pyridine rings is 2. The first-order valence-corrected chi connectivity index (χ1v) is 9.66. The van der Waals surface area contributed by atoms with E-state index in [1.165, 1.54) is 18.7 Å². The lowest BCUT2D eigenvalue weighted by atomic mass is 10.1. The molecule has 146 valence electrons. The van der Waals surface area contributed by atoms with Crippen molar-refractivity contribution in [2.75, 3.05) is 0 Å². The van der Waals surface area contributed by atoms with Crippen molar-refractivity contribution in [3.63, 3.8) is 0 Å². The third-order valence-corrected chi connectivity index (χ3v) is 6.25. The van der Waals surface area contributed by atoms with Gasteiger partial charge < -0.3 is 16.0 Å². The molecule has 0 radical (unpaired) electrons. The Kier molecular flexibility index (Phi) is 3.27. The molecule has 3 aliphatic rings. The van der Waals surface area contributed by atoms with Gasteiger partial charge in [-0.1, -0.05) is 0 Å². The third-order valence-electron chi connectivity index (χ3n) is 6.25. The molecule has 0 aromatic carbocycles. The third kappa shape index (κ3) is 2.30. The number of carbonyl (C=O) groups is 1. The Morgan fingerprint density at radius 1 is 1.21 bits per heavy atom. The van der Waals surface area contributed by atoms with Gasteiger partial charge in [-0.05, 0) is 49.4 Å². The van der Waals surface area contributed by atoms with Crippen LogP contribution in [0.25, 0.3) is 17.0 Å². The monoisotopic (exact) mass is 391 g/mol. The van der Waals surface area contributed by atoms with Crippen LogP contribution in [0, 0.1) is 11.7 Å². The number of nitrogens with one attached hydrogen (secondary N) is 1. The summed E-state index contributed by atoms with van der Waals surface area (Å²) >= 11 is 0. The number of nitrogens with zero attached hydrogens (tertiary/aromatic N) is 5. The van der Waals surface area contributed by atoms with Gasteiger partial charge in [0.25, 0.3) is 5.91 Å². The molecule has 2 aliphatic heterocycles. The number of fused-ring (bicyclic) bond motifs is 6. The molecule has 9 heteroatoms. The zero-order chi connectivity index (χ0) is 19.7. The summed E-state index contributed by atoms with van der Waals surface area (Å²) in [6.07, 6.45) is 6.79. The molecule has 1 amide bonds. The normalized spacial score (nSPS) is 25.0. The number of hydrogen-bond donors (Lipinski definition) is 2. The number of rotatable bonds is 3. The number of amides is 1. The molecule has 3 atom stereocenters. The lowest BCUT2D eigenvalue weighted by molar-refractivity contribution is 0.0989. The minimum Gasteiger partial charge on any atom is -0.363 e. The summed E-state index contributed by atoms with van der Waals surface area (Å²) in [6, 6.07) is 7.34. The van der Waals surface area contributed by atoms with E-state index >= 15 is 0 Å². The van der Waals surface area contributed by atoms with Gasteiger partial charge in [0.05, 0.1) is 23.3 Å². The summed E-state index contributed by atoms with van der Waals surface area (Å²) in [4.78, 5) is 18.5. The average molecular weight is 391 g/mol. The number of hydrogen-bond acceptors (Lipinski definition) is 6. The summed E-state index contributed by atoms with van der Waals surface area (Å²) in [5.74, 6) is -0.333. The molecule has 3 N–H and O–H groups in total. The molecule has 1 saturated heterocycles. The number of primary amides is 1. The summed E-state index contributed by atoms with van der Waals surface area (Å²) in [5, 5.41) is 11.5. The van der Waals surface area contributed by atoms with Crippen LogP contribution >= 0.6 is 0 Å². The smallest absolute Gasteiger partial charge is 0.287 e. The van der Waals surface area contributed by atoms with Gasteiger partial charge in [0.1, 0.15) is 12.0 Å². The number of carbonyl (C=O) groups excluding carboxylic acids is 1. The van der Waals surface area contributed by atoms with Gasteiger partial charge >= 0.3 is 0 Å². The Hall–Kier alpha value is -3.49. The number of aromatic nitrogens is 4. The molecule has 8 nitrogen and oxygen atoms in total. The Bertz CT molecular complexity index is 1190. The van der Waals surface area contributed by atoms with Crippen LogP contribution in [-0.4, -0.2) is 42.6 Å². The summed E-state index contributed by atoms with van der Waals surface area (Å²) in [7, 11) is 0. The lowest BCUT2D eigenvalue weighted by Gasteiger charge is -2.33. The minimum absolute atomic E-state index is 0.0920. The average Bonchev–Trinajstić information content (AvgIpc) is 3.47. The topological polar surface area (TPSA) is 101 Å². The van der Waals surface area contributed by atoms with Crippen LogP contribution in [0.1, 0.15) is 41.1 Å². The van der Waals surface area contributed by atoms with Crippen LogP contribution in [0.15, 0.2) is 36.7 Å². The maximum Gasteiger partial charge on any atom is 0.287 e. The van der Waals surface area contributed by atoms with Gasteiger partial charge in [0.15, 0.2) is 5.65 Å². The molecular formula is C20H18FN7O. The molecule has 1 saturated carbocycles. The zero-order valence-corrected chi connectivity index (χ0v) is 15.4. The van der Waals surface area contributed by atoms with Crippen LogP contribution in [0.3, 0.4) is 0 Å². The first-order chi connectivity index (χ1) is 14.1. The van der Waals surface area contributed by atoms with Crippen molar-refractivity contribution in [1.29, 1.82) is 0 Å². The molecule has 3 aromatic rings. The standard InChI is InChI=1S/C20H18FN7O/c21-12-3-5-14(23-8-12)16-17(28-13-4-1-10(7-13)19(28)24-16)11-2-6-15-25-26-20(18(22)29)27(15)9-11/h2-3,5-6,8-10,13,19,24H,1,4,7H2,(H2,22,29)/t10?,13-,19?/m1/s1. The fraction of sp³-hybridized carbons (Fsp3) is 0.300. The molecule has 5 heterocycles. The van der Waals surface area contributed by atoms with Crippen molar-refractivity contribution in [3.8, 4) is 0 Å². The van der Waals surface area contributed by atoms with E-state index in [-0.39, 0.29) is 17.8 Å². The highest BCUT2D eigenvalue weighted by molar-refractivity contribution is 5.92.